The van der Waals surface area contributed by atoms with Crippen LogP contribution in [0.4, 0.5) is 10.1 Å². The first-order valence-electron chi connectivity index (χ1n) is 14.6. The van der Waals surface area contributed by atoms with Crippen molar-refractivity contribution in [3.8, 4) is 5.75 Å². The van der Waals surface area contributed by atoms with Gasteiger partial charge in [0.05, 0.1) is 13.2 Å². The largest absolute Gasteiger partial charge is 0.497 e. The summed E-state index contributed by atoms with van der Waals surface area (Å²) in [5.74, 6) is -1.79. The molecule has 2 aromatic rings. The summed E-state index contributed by atoms with van der Waals surface area (Å²) < 4.78 is 18.6. The van der Waals surface area contributed by atoms with Gasteiger partial charge in [-0.3, -0.25) is 19.2 Å². The van der Waals surface area contributed by atoms with Gasteiger partial charge in [0.25, 0.3) is 0 Å². The SMILES string of the molecule is CN[C@@H](C)C(=O)N[C@H](C(=O)N1CCC[C@H]1CN(CCc1ccc(F)cc1)C(=O)C(=O)Nc1ccc(OC)cc1)C(C)(C)C. The quantitative estimate of drug-likeness (QED) is 0.343. The van der Waals surface area contributed by atoms with Crippen molar-refractivity contribution >= 4 is 29.3 Å². The van der Waals surface area contributed by atoms with E-state index in [1.807, 2.05) is 20.8 Å². The number of halogens is 1. The number of nitrogens with zero attached hydrogens (tertiary/aromatic N) is 2. The fourth-order valence-electron chi connectivity index (χ4n) is 4.98. The number of rotatable bonds is 11. The maximum Gasteiger partial charge on any atom is 0.313 e. The number of hydrogen-bond donors (Lipinski definition) is 3. The molecule has 1 aliphatic heterocycles. The molecule has 0 saturated carbocycles. The van der Waals surface area contributed by atoms with Crippen molar-refractivity contribution in [1.82, 2.24) is 20.4 Å². The van der Waals surface area contributed by atoms with Gasteiger partial charge in [0.1, 0.15) is 17.6 Å². The van der Waals surface area contributed by atoms with Crippen molar-refractivity contribution in [1.29, 1.82) is 0 Å². The number of carbonyl (C=O) groups is 4. The minimum absolute atomic E-state index is 0.138. The summed E-state index contributed by atoms with van der Waals surface area (Å²) in [5, 5.41) is 8.45. The first-order valence-corrected chi connectivity index (χ1v) is 14.6. The predicted molar refractivity (Wildman–Crippen MR) is 163 cm³/mol. The van der Waals surface area contributed by atoms with Crippen LogP contribution in [0.15, 0.2) is 48.5 Å². The molecule has 234 valence electrons. The van der Waals surface area contributed by atoms with Crippen molar-refractivity contribution in [2.45, 2.75) is 65.1 Å². The molecule has 3 atom stereocenters. The van der Waals surface area contributed by atoms with Gasteiger partial charge in [-0.05, 0) is 80.6 Å². The summed E-state index contributed by atoms with van der Waals surface area (Å²) in [6.07, 6.45) is 1.77. The fraction of sp³-hybridized carbons (Fsp3) is 0.500. The molecule has 3 N–H and O–H groups in total. The van der Waals surface area contributed by atoms with Crippen molar-refractivity contribution in [3.63, 3.8) is 0 Å². The molecular formula is C32H44FN5O5. The Kier molecular flexibility index (Phi) is 11.7. The average molecular weight is 598 g/mol. The van der Waals surface area contributed by atoms with E-state index in [-0.39, 0.29) is 36.8 Å². The Morgan fingerprint density at radius 3 is 2.30 bits per heavy atom. The van der Waals surface area contributed by atoms with Crippen LogP contribution < -0.4 is 20.7 Å². The van der Waals surface area contributed by atoms with Crippen molar-refractivity contribution in [3.05, 3.63) is 59.9 Å². The molecule has 0 aromatic heterocycles. The summed E-state index contributed by atoms with van der Waals surface area (Å²) in [7, 11) is 3.21. The molecule has 0 radical (unpaired) electrons. The van der Waals surface area contributed by atoms with Crippen LogP contribution in [0.3, 0.4) is 0 Å². The van der Waals surface area contributed by atoms with E-state index < -0.39 is 29.3 Å². The fourth-order valence-corrected chi connectivity index (χ4v) is 4.98. The Morgan fingerprint density at radius 2 is 1.72 bits per heavy atom. The smallest absolute Gasteiger partial charge is 0.313 e. The summed E-state index contributed by atoms with van der Waals surface area (Å²) in [6, 6.07) is 11.0. The number of carbonyl (C=O) groups excluding carboxylic acids is 4. The third-order valence-electron chi connectivity index (χ3n) is 7.73. The number of nitrogens with one attached hydrogen (secondary N) is 3. The molecular weight excluding hydrogens is 553 g/mol. The average Bonchev–Trinajstić information content (AvgIpc) is 3.45. The monoisotopic (exact) mass is 597 g/mol. The molecule has 4 amide bonds. The first-order chi connectivity index (χ1) is 20.3. The number of hydrogen-bond acceptors (Lipinski definition) is 6. The highest BCUT2D eigenvalue weighted by Crippen LogP contribution is 2.26. The number of ether oxygens (including phenoxy) is 1. The van der Waals surface area contributed by atoms with E-state index in [9.17, 15) is 23.6 Å². The van der Waals surface area contributed by atoms with Crippen molar-refractivity contribution in [2.75, 3.05) is 39.1 Å². The molecule has 0 bridgehead atoms. The van der Waals surface area contributed by atoms with Gasteiger partial charge in [-0.25, -0.2) is 4.39 Å². The van der Waals surface area contributed by atoms with E-state index in [1.54, 1.807) is 55.3 Å². The maximum absolute atomic E-state index is 13.9. The molecule has 2 aromatic carbocycles. The minimum atomic E-state index is -0.805. The van der Waals surface area contributed by atoms with Crippen LogP contribution in [0.25, 0.3) is 0 Å². The Balaban J connectivity index is 1.81. The third kappa shape index (κ3) is 9.25. The lowest BCUT2D eigenvalue weighted by Crippen LogP contribution is -2.59. The molecule has 0 spiro atoms. The van der Waals surface area contributed by atoms with E-state index >= 15 is 0 Å². The van der Waals surface area contributed by atoms with Crippen LogP contribution in [0, 0.1) is 11.2 Å². The zero-order valence-corrected chi connectivity index (χ0v) is 25.9. The molecule has 1 fully saturated rings. The zero-order valence-electron chi connectivity index (χ0n) is 25.9. The van der Waals surface area contributed by atoms with Crippen LogP contribution in [-0.2, 0) is 25.6 Å². The predicted octanol–water partition coefficient (Wildman–Crippen LogP) is 2.97. The van der Waals surface area contributed by atoms with Gasteiger partial charge < -0.3 is 30.5 Å². The lowest BCUT2D eigenvalue weighted by Gasteiger charge is -2.37. The third-order valence-corrected chi connectivity index (χ3v) is 7.73. The number of methoxy groups -OCH3 is 1. The van der Waals surface area contributed by atoms with Crippen LogP contribution >= 0.6 is 0 Å². The number of likely N-dealkylation sites (N-methyl/N-ethyl adjacent to an activating group) is 1. The number of benzene rings is 2. The standard InChI is InChI=1S/C32H44FN5O5/c1-21(34-5)28(39)36-27(32(2,3)4)30(41)38-18-7-8-25(38)20-37(19-17-22-9-11-23(33)12-10-22)31(42)29(40)35-24-13-15-26(43-6)16-14-24/h9-16,21,25,27,34H,7-8,17-20H2,1-6H3,(H,35,40)(H,36,39)/t21-,25-,27+/m0/s1. The number of amides is 4. The van der Waals surface area contributed by atoms with Gasteiger partial charge >= 0.3 is 11.8 Å². The number of anilines is 1. The van der Waals surface area contributed by atoms with Crippen LogP contribution in [0.2, 0.25) is 0 Å². The lowest BCUT2D eigenvalue weighted by atomic mass is 9.85. The maximum atomic E-state index is 13.9. The Morgan fingerprint density at radius 1 is 1.07 bits per heavy atom. The molecule has 1 aliphatic rings. The lowest BCUT2D eigenvalue weighted by molar-refractivity contribution is -0.145. The molecule has 0 unspecified atom stereocenters. The van der Waals surface area contributed by atoms with E-state index in [0.29, 0.717) is 30.8 Å². The molecule has 0 aliphatic carbocycles. The molecule has 43 heavy (non-hydrogen) atoms. The minimum Gasteiger partial charge on any atom is -0.497 e. The molecule has 1 saturated heterocycles. The molecule has 10 nitrogen and oxygen atoms in total. The second-order valence-electron chi connectivity index (χ2n) is 12.0. The van der Waals surface area contributed by atoms with E-state index in [1.165, 1.54) is 24.1 Å². The van der Waals surface area contributed by atoms with Crippen LogP contribution in [0.1, 0.15) is 46.1 Å². The van der Waals surface area contributed by atoms with Crippen LogP contribution in [-0.4, -0.2) is 85.3 Å². The zero-order chi connectivity index (χ0) is 31.7. The summed E-state index contributed by atoms with van der Waals surface area (Å²) in [6.45, 7) is 8.22. The summed E-state index contributed by atoms with van der Waals surface area (Å²) in [4.78, 5) is 56.4. The Hall–Kier alpha value is -3.99. The van der Waals surface area contributed by atoms with Gasteiger partial charge in [-0.1, -0.05) is 32.9 Å². The molecule has 1 heterocycles. The first kappa shape index (κ1) is 33.5. The normalized spacial score (nSPS) is 16.3. The van der Waals surface area contributed by atoms with E-state index in [0.717, 1.165) is 12.0 Å². The highest BCUT2D eigenvalue weighted by molar-refractivity contribution is 6.39. The second-order valence-corrected chi connectivity index (χ2v) is 12.0. The van der Waals surface area contributed by atoms with Gasteiger partial charge in [-0.2, -0.15) is 0 Å². The van der Waals surface area contributed by atoms with Crippen LogP contribution in [0.5, 0.6) is 5.75 Å². The van der Waals surface area contributed by atoms with E-state index in [2.05, 4.69) is 16.0 Å². The van der Waals surface area contributed by atoms with Gasteiger partial charge in [0.15, 0.2) is 0 Å². The molecule has 11 heteroatoms. The van der Waals surface area contributed by atoms with Gasteiger partial charge in [-0.15, -0.1) is 0 Å². The summed E-state index contributed by atoms with van der Waals surface area (Å²) in [5.41, 5.74) is 0.682. The second kappa shape index (κ2) is 15.0. The van der Waals surface area contributed by atoms with Gasteiger partial charge in [0, 0.05) is 31.4 Å². The van der Waals surface area contributed by atoms with Crippen molar-refractivity contribution < 1.29 is 28.3 Å². The van der Waals surface area contributed by atoms with Gasteiger partial charge in [0.2, 0.25) is 11.8 Å². The Labute approximate surface area is 253 Å². The highest BCUT2D eigenvalue weighted by Gasteiger charge is 2.41. The van der Waals surface area contributed by atoms with E-state index in [4.69, 9.17) is 4.74 Å². The molecule has 3 rings (SSSR count). The summed E-state index contributed by atoms with van der Waals surface area (Å²) >= 11 is 0. The topological polar surface area (TPSA) is 120 Å². The number of likely N-dealkylation sites (tertiary alicyclic amines) is 1. The Bertz CT molecular complexity index is 1260. The highest BCUT2D eigenvalue weighted by atomic mass is 19.1. The van der Waals surface area contributed by atoms with Crippen molar-refractivity contribution in [2.24, 2.45) is 5.41 Å².